The Balaban J connectivity index is 2.17. The predicted octanol–water partition coefficient (Wildman–Crippen LogP) is 3.99. The van der Waals surface area contributed by atoms with E-state index in [4.69, 9.17) is 0 Å². The van der Waals surface area contributed by atoms with E-state index in [1.807, 2.05) is 24.3 Å². The fourth-order valence-corrected chi connectivity index (χ4v) is 1.90. The van der Waals surface area contributed by atoms with Gasteiger partial charge in [0.15, 0.2) is 0 Å². The highest BCUT2D eigenvalue weighted by Gasteiger charge is 2.07. The van der Waals surface area contributed by atoms with Crippen LogP contribution in [0.25, 0.3) is 0 Å². The molecule has 0 aliphatic heterocycles. The van der Waals surface area contributed by atoms with Crippen LogP contribution in [-0.4, -0.2) is 5.91 Å². The Hall–Kier alpha value is -1.26. The van der Waals surface area contributed by atoms with Gasteiger partial charge in [0.05, 0.1) is 5.69 Å². The minimum absolute atomic E-state index is 0.134. The zero-order chi connectivity index (χ0) is 12.3. The van der Waals surface area contributed by atoms with Gasteiger partial charge in [-0.2, -0.15) is 0 Å². The molecular weight excluding hydrogens is 298 g/mol. The molecule has 2 aromatic rings. The molecule has 0 heterocycles. The molecular formula is C13H10BrNOS. The smallest absolute Gasteiger partial charge is 0.255 e. The second-order valence-corrected chi connectivity index (χ2v) is 4.85. The van der Waals surface area contributed by atoms with Crippen LogP contribution in [0.1, 0.15) is 10.4 Å². The number of carbonyl (C=O) groups excluding carboxylic acids is 1. The van der Waals surface area contributed by atoms with Crippen LogP contribution in [0, 0.1) is 0 Å². The van der Waals surface area contributed by atoms with E-state index in [9.17, 15) is 4.79 Å². The number of nitrogens with one attached hydrogen (secondary N) is 1. The first-order valence-corrected chi connectivity index (χ1v) is 6.26. The Morgan fingerprint density at radius 2 is 1.71 bits per heavy atom. The minimum atomic E-state index is -0.134. The maximum atomic E-state index is 11.9. The van der Waals surface area contributed by atoms with Crippen molar-refractivity contribution in [2.24, 2.45) is 0 Å². The highest BCUT2D eigenvalue weighted by Crippen LogP contribution is 2.22. The molecule has 0 radical (unpaired) electrons. The van der Waals surface area contributed by atoms with Crippen molar-refractivity contribution in [3.63, 3.8) is 0 Å². The number of thiol groups is 1. The van der Waals surface area contributed by atoms with Crippen LogP contribution in [0.5, 0.6) is 0 Å². The van der Waals surface area contributed by atoms with Gasteiger partial charge < -0.3 is 5.32 Å². The van der Waals surface area contributed by atoms with Gasteiger partial charge in [-0.25, -0.2) is 0 Å². The van der Waals surface area contributed by atoms with Gasteiger partial charge in [0.2, 0.25) is 0 Å². The van der Waals surface area contributed by atoms with Gasteiger partial charge in [0.1, 0.15) is 0 Å². The third kappa shape index (κ3) is 3.11. The van der Waals surface area contributed by atoms with Crippen molar-refractivity contribution in [1.82, 2.24) is 0 Å². The molecule has 0 aliphatic carbocycles. The van der Waals surface area contributed by atoms with Crippen LogP contribution in [0.2, 0.25) is 0 Å². The zero-order valence-corrected chi connectivity index (χ0v) is 11.3. The Morgan fingerprint density at radius 1 is 1.06 bits per heavy atom. The molecule has 0 fully saturated rings. The standard InChI is InChI=1S/C13H10BrNOS/c14-11-3-1-2-4-12(11)15-13(16)9-5-7-10(17)8-6-9/h1-8,17H,(H,15,16). The quantitative estimate of drug-likeness (QED) is 0.807. The summed E-state index contributed by atoms with van der Waals surface area (Å²) in [5.74, 6) is -0.134. The summed E-state index contributed by atoms with van der Waals surface area (Å²) < 4.78 is 0.860. The number of benzene rings is 2. The molecule has 0 bridgehead atoms. The molecule has 0 aliphatic rings. The average Bonchev–Trinajstić information content (AvgIpc) is 2.33. The van der Waals surface area contributed by atoms with Crippen LogP contribution >= 0.6 is 28.6 Å². The summed E-state index contributed by atoms with van der Waals surface area (Å²) in [7, 11) is 0. The molecule has 0 aromatic heterocycles. The first kappa shape index (κ1) is 12.2. The molecule has 2 nitrogen and oxygen atoms in total. The molecule has 86 valence electrons. The number of halogens is 1. The lowest BCUT2D eigenvalue weighted by Crippen LogP contribution is -2.11. The Bertz CT molecular complexity index is 539. The maximum absolute atomic E-state index is 11.9. The summed E-state index contributed by atoms with van der Waals surface area (Å²) in [6.45, 7) is 0. The van der Waals surface area contributed by atoms with E-state index in [0.717, 1.165) is 15.1 Å². The van der Waals surface area contributed by atoms with E-state index in [1.54, 1.807) is 24.3 Å². The van der Waals surface area contributed by atoms with Crippen molar-refractivity contribution >= 4 is 40.2 Å². The summed E-state index contributed by atoms with van der Waals surface area (Å²) >= 11 is 7.56. The van der Waals surface area contributed by atoms with Gasteiger partial charge in [-0.15, -0.1) is 12.6 Å². The van der Waals surface area contributed by atoms with E-state index < -0.39 is 0 Å². The van der Waals surface area contributed by atoms with Crippen LogP contribution in [0.15, 0.2) is 57.9 Å². The molecule has 1 N–H and O–H groups in total. The monoisotopic (exact) mass is 307 g/mol. The molecule has 0 saturated heterocycles. The lowest BCUT2D eigenvalue weighted by Gasteiger charge is -2.07. The second-order valence-electron chi connectivity index (χ2n) is 3.48. The number of carbonyl (C=O) groups is 1. The van der Waals surface area contributed by atoms with Crippen molar-refractivity contribution in [3.05, 3.63) is 58.6 Å². The predicted molar refractivity (Wildman–Crippen MR) is 75.8 cm³/mol. The van der Waals surface area contributed by atoms with Gasteiger partial charge in [0.25, 0.3) is 5.91 Å². The highest BCUT2D eigenvalue weighted by atomic mass is 79.9. The second kappa shape index (κ2) is 5.38. The van der Waals surface area contributed by atoms with Crippen molar-refractivity contribution in [3.8, 4) is 0 Å². The maximum Gasteiger partial charge on any atom is 0.255 e. The lowest BCUT2D eigenvalue weighted by molar-refractivity contribution is 0.102. The van der Waals surface area contributed by atoms with E-state index in [-0.39, 0.29) is 5.91 Å². The molecule has 1 amide bonds. The molecule has 2 aromatic carbocycles. The average molecular weight is 308 g/mol. The number of anilines is 1. The Morgan fingerprint density at radius 3 is 2.35 bits per heavy atom. The van der Waals surface area contributed by atoms with Crippen molar-refractivity contribution < 1.29 is 4.79 Å². The molecule has 0 spiro atoms. The van der Waals surface area contributed by atoms with Crippen molar-refractivity contribution in [2.45, 2.75) is 4.90 Å². The number of amides is 1. The zero-order valence-electron chi connectivity index (χ0n) is 8.85. The lowest BCUT2D eigenvalue weighted by atomic mass is 10.2. The Labute approximate surface area is 114 Å². The fourth-order valence-electron chi connectivity index (χ4n) is 1.37. The largest absolute Gasteiger partial charge is 0.321 e. The fraction of sp³-hybridized carbons (Fsp3) is 0. The van der Waals surface area contributed by atoms with Gasteiger partial charge in [-0.3, -0.25) is 4.79 Å². The summed E-state index contributed by atoms with van der Waals surface area (Å²) in [6.07, 6.45) is 0. The van der Waals surface area contributed by atoms with Crippen molar-refractivity contribution in [1.29, 1.82) is 0 Å². The SMILES string of the molecule is O=C(Nc1ccccc1Br)c1ccc(S)cc1. The minimum Gasteiger partial charge on any atom is -0.321 e. The normalized spacial score (nSPS) is 10.0. The molecule has 17 heavy (non-hydrogen) atoms. The summed E-state index contributed by atoms with van der Waals surface area (Å²) in [6, 6.07) is 14.6. The highest BCUT2D eigenvalue weighted by molar-refractivity contribution is 9.10. The van der Waals surface area contributed by atoms with E-state index in [1.165, 1.54) is 0 Å². The summed E-state index contributed by atoms with van der Waals surface area (Å²) in [4.78, 5) is 12.8. The van der Waals surface area contributed by atoms with Gasteiger partial charge in [-0.1, -0.05) is 12.1 Å². The van der Waals surface area contributed by atoms with Crippen LogP contribution < -0.4 is 5.32 Å². The molecule has 2 rings (SSSR count). The molecule has 0 atom stereocenters. The summed E-state index contributed by atoms with van der Waals surface area (Å²) in [5, 5.41) is 2.84. The first-order chi connectivity index (χ1) is 8.16. The first-order valence-electron chi connectivity index (χ1n) is 5.02. The molecule has 0 unspecified atom stereocenters. The molecule has 4 heteroatoms. The molecule has 0 saturated carbocycles. The van der Waals surface area contributed by atoms with E-state index in [2.05, 4.69) is 33.9 Å². The van der Waals surface area contributed by atoms with E-state index in [0.29, 0.717) is 5.56 Å². The van der Waals surface area contributed by atoms with Gasteiger partial charge in [0, 0.05) is 14.9 Å². The Kier molecular flexibility index (Phi) is 3.86. The van der Waals surface area contributed by atoms with E-state index >= 15 is 0 Å². The number of para-hydroxylation sites is 1. The number of hydrogen-bond acceptors (Lipinski definition) is 2. The topological polar surface area (TPSA) is 29.1 Å². The van der Waals surface area contributed by atoms with Gasteiger partial charge >= 0.3 is 0 Å². The van der Waals surface area contributed by atoms with Crippen LogP contribution in [0.3, 0.4) is 0 Å². The summed E-state index contributed by atoms with van der Waals surface area (Å²) in [5.41, 5.74) is 1.37. The van der Waals surface area contributed by atoms with Crippen LogP contribution in [0.4, 0.5) is 5.69 Å². The van der Waals surface area contributed by atoms with Crippen molar-refractivity contribution in [2.75, 3.05) is 5.32 Å². The van der Waals surface area contributed by atoms with Gasteiger partial charge in [-0.05, 0) is 52.3 Å². The number of hydrogen-bond donors (Lipinski definition) is 2. The number of rotatable bonds is 2. The third-order valence-electron chi connectivity index (χ3n) is 2.25. The third-order valence-corrected chi connectivity index (χ3v) is 3.24. The van der Waals surface area contributed by atoms with Crippen LogP contribution in [-0.2, 0) is 0 Å².